The lowest BCUT2D eigenvalue weighted by atomic mass is 9.79. The lowest BCUT2D eigenvalue weighted by Gasteiger charge is -2.36. The van der Waals surface area contributed by atoms with Crippen LogP contribution >= 0.6 is 11.8 Å². The number of thioether (sulfide) groups is 1. The van der Waals surface area contributed by atoms with Gasteiger partial charge in [0.25, 0.3) is 0 Å². The third-order valence-corrected chi connectivity index (χ3v) is 6.10. The molecule has 0 spiro atoms. The van der Waals surface area contributed by atoms with Crippen molar-refractivity contribution in [2.45, 2.75) is 24.1 Å². The van der Waals surface area contributed by atoms with Gasteiger partial charge in [-0.3, -0.25) is 9.69 Å². The molecular formula is C18H19N3O2S. The summed E-state index contributed by atoms with van der Waals surface area (Å²) in [6, 6.07) is 1.98. The maximum absolute atomic E-state index is 12.2. The van der Waals surface area contributed by atoms with Crippen LogP contribution in [0.3, 0.4) is 0 Å². The molecule has 3 heterocycles. The highest BCUT2D eigenvalue weighted by molar-refractivity contribution is 8.03. The molecule has 24 heavy (non-hydrogen) atoms. The van der Waals surface area contributed by atoms with Crippen molar-refractivity contribution in [3.05, 3.63) is 53.4 Å². The predicted molar refractivity (Wildman–Crippen MR) is 96.2 cm³/mol. The maximum atomic E-state index is 12.2. The fraction of sp³-hybridized carbons (Fsp3) is 0.333. The Bertz CT molecular complexity index is 806. The zero-order valence-corrected chi connectivity index (χ0v) is 14.4. The van der Waals surface area contributed by atoms with Crippen LogP contribution in [0.15, 0.2) is 57.2 Å². The van der Waals surface area contributed by atoms with Crippen LogP contribution in [0, 0.1) is 5.92 Å². The van der Waals surface area contributed by atoms with Gasteiger partial charge in [-0.1, -0.05) is 18.2 Å². The Kier molecular flexibility index (Phi) is 3.46. The quantitative estimate of drug-likeness (QED) is 0.898. The maximum Gasteiger partial charge on any atom is 0.231 e. The number of rotatable bonds is 2. The number of nitrogens with two attached hydrogens (primary N) is 1. The minimum atomic E-state index is -0.607. The first kappa shape index (κ1) is 15.3. The molecule has 0 radical (unpaired) electrons. The predicted octanol–water partition coefficient (Wildman–Crippen LogP) is 2.78. The van der Waals surface area contributed by atoms with Crippen LogP contribution in [0.1, 0.15) is 18.9 Å². The van der Waals surface area contributed by atoms with E-state index in [9.17, 15) is 4.79 Å². The van der Waals surface area contributed by atoms with E-state index in [0.29, 0.717) is 11.7 Å². The Morgan fingerprint density at radius 2 is 2.33 bits per heavy atom. The van der Waals surface area contributed by atoms with Crippen molar-refractivity contribution in [2.75, 3.05) is 7.05 Å². The minimum absolute atomic E-state index is 0.00665. The molecule has 0 saturated heterocycles. The molecule has 0 bridgehead atoms. The number of carbonyl (C=O) groups excluding carboxylic acids is 1. The normalized spacial score (nSPS) is 32.3. The van der Waals surface area contributed by atoms with Gasteiger partial charge < -0.3 is 10.2 Å². The highest BCUT2D eigenvalue weighted by atomic mass is 32.2. The van der Waals surface area contributed by atoms with Gasteiger partial charge in [0.1, 0.15) is 0 Å². The summed E-state index contributed by atoms with van der Waals surface area (Å²) >= 11 is 1.81. The lowest BCUT2D eigenvalue weighted by Crippen LogP contribution is -2.49. The van der Waals surface area contributed by atoms with E-state index in [1.54, 1.807) is 19.6 Å². The number of allylic oxidation sites excluding steroid dienone is 2. The Hall–Kier alpha value is -2.21. The number of guanidine groups is 1. The molecule has 4 rings (SSSR count). The van der Waals surface area contributed by atoms with Crippen LogP contribution in [0.4, 0.5) is 0 Å². The van der Waals surface area contributed by atoms with Crippen molar-refractivity contribution in [1.82, 2.24) is 4.90 Å². The second-order valence-corrected chi connectivity index (χ2v) is 7.62. The zero-order valence-electron chi connectivity index (χ0n) is 13.6. The molecule has 6 heteroatoms. The Morgan fingerprint density at radius 3 is 3.04 bits per heavy atom. The van der Waals surface area contributed by atoms with Crippen molar-refractivity contribution in [2.24, 2.45) is 16.6 Å². The number of aliphatic imine (C=N–C) groups is 1. The van der Waals surface area contributed by atoms with Gasteiger partial charge in [0, 0.05) is 23.8 Å². The van der Waals surface area contributed by atoms with E-state index in [1.165, 1.54) is 10.5 Å². The van der Waals surface area contributed by atoms with Gasteiger partial charge in [-0.05, 0) is 29.5 Å². The number of nitrogens with zero attached hydrogens (tertiary/aromatic N) is 2. The summed E-state index contributed by atoms with van der Waals surface area (Å²) in [5, 5.41) is 2.58. The molecule has 1 aromatic heterocycles. The fourth-order valence-electron chi connectivity index (χ4n) is 3.41. The number of amides is 1. The monoisotopic (exact) mass is 341 g/mol. The van der Waals surface area contributed by atoms with Crippen LogP contribution < -0.4 is 5.73 Å². The molecule has 0 fully saturated rings. The first-order valence-corrected chi connectivity index (χ1v) is 8.83. The van der Waals surface area contributed by atoms with Gasteiger partial charge in [0.05, 0.1) is 24.5 Å². The molecule has 2 unspecified atom stereocenters. The second-order valence-electron chi connectivity index (χ2n) is 6.57. The SMILES string of the molecule is CN1C(=O)C[C@@](C)(C2=CC3C(c4ccoc4)=CSC3C=C2)N=C1N. The molecule has 1 amide bonds. The van der Waals surface area contributed by atoms with Crippen LogP contribution in [0.5, 0.6) is 0 Å². The molecule has 3 aliphatic rings. The fourth-order valence-corrected chi connectivity index (χ4v) is 4.57. The summed E-state index contributed by atoms with van der Waals surface area (Å²) in [7, 11) is 1.66. The molecule has 3 atom stereocenters. The molecule has 1 aliphatic carbocycles. The molecule has 124 valence electrons. The molecule has 0 aromatic carbocycles. The van der Waals surface area contributed by atoms with Gasteiger partial charge in [-0.15, -0.1) is 11.8 Å². The Labute approximate surface area is 145 Å². The largest absolute Gasteiger partial charge is 0.472 e. The van der Waals surface area contributed by atoms with Crippen molar-refractivity contribution in [3.8, 4) is 0 Å². The van der Waals surface area contributed by atoms with Crippen molar-refractivity contribution < 1.29 is 9.21 Å². The van der Waals surface area contributed by atoms with Gasteiger partial charge in [-0.2, -0.15) is 0 Å². The number of fused-ring (bicyclic) bond motifs is 1. The Morgan fingerprint density at radius 1 is 1.50 bits per heavy atom. The van der Waals surface area contributed by atoms with Crippen LogP contribution in [-0.2, 0) is 4.79 Å². The van der Waals surface area contributed by atoms with Crippen molar-refractivity contribution >= 4 is 29.2 Å². The summed E-state index contributed by atoms with van der Waals surface area (Å²) in [6.45, 7) is 1.98. The van der Waals surface area contributed by atoms with Crippen molar-refractivity contribution in [1.29, 1.82) is 0 Å². The van der Waals surface area contributed by atoms with Crippen LogP contribution in [-0.4, -0.2) is 34.6 Å². The van der Waals surface area contributed by atoms with Crippen LogP contribution in [0.25, 0.3) is 5.57 Å². The van der Waals surface area contributed by atoms with E-state index in [4.69, 9.17) is 10.2 Å². The highest BCUT2D eigenvalue weighted by Crippen LogP contribution is 2.47. The summed E-state index contributed by atoms with van der Waals surface area (Å²) < 4.78 is 5.23. The standard InChI is InChI=1S/C18H19N3O2S/c1-18(8-16(22)21(2)17(19)20-18)12-3-4-15-13(7-12)14(10-24-15)11-5-6-23-9-11/h3-7,9-10,13,15H,8H2,1-2H3,(H2,19,20)/t13?,15?,18-/m0/s1. The summed E-state index contributed by atoms with van der Waals surface area (Å²) in [5.41, 5.74) is 8.73. The molecule has 5 nitrogen and oxygen atoms in total. The van der Waals surface area contributed by atoms with Crippen molar-refractivity contribution in [3.63, 3.8) is 0 Å². The minimum Gasteiger partial charge on any atom is -0.472 e. The summed E-state index contributed by atoms with van der Waals surface area (Å²) in [5.74, 6) is 0.528. The van der Waals surface area contributed by atoms with E-state index in [-0.39, 0.29) is 17.8 Å². The third kappa shape index (κ3) is 2.33. The molecule has 2 aliphatic heterocycles. The number of hydrogen-bond acceptors (Lipinski definition) is 5. The first-order valence-electron chi connectivity index (χ1n) is 7.88. The van der Waals surface area contributed by atoms with Gasteiger partial charge >= 0.3 is 0 Å². The second kappa shape index (κ2) is 5.41. The van der Waals surface area contributed by atoms with Crippen LogP contribution in [0.2, 0.25) is 0 Å². The Balaban J connectivity index is 1.70. The van der Waals surface area contributed by atoms with E-state index >= 15 is 0 Å². The molecule has 1 aromatic rings. The smallest absolute Gasteiger partial charge is 0.231 e. The average molecular weight is 341 g/mol. The van der Waals surface area contributed by atoms with Gasteiger partial charge in [0.2, 0.25) is 5.91 Å². The highest BCUT2D eigenvalue weighted by Gasteiger charge is 2.40. The topological polar surface area (TPSA) is 71.8 Å². The van der Waals surface area contributed by atoms with E-state index < -0.39 is 5.54 Å². The molecule has 2 N–H and O–H groups in total. The zero-order chi connectivity index (χ0) is 16.9. The average Bonchev–Trinajstić information content (AvgIpc) is 3.20. The van der Waals surface area contributed by atoms with E-state index in [0.717, 1.165) is 11.1 Å². The first-order chi connectivity index (χ1) is 11.5. The molecule has 0 saturated carbocycles. The van der Waals surface area contributed by atoms with E-state index in [1.807, 2.05) is 24.8 Å². The number of carbonyl (C=O) groups is 1. The number of hydrogen-bond donors (Lipinski definition) is 1. The van der Waals surface area contributed by atoms with E-state index in [2.05, 4.69) is 28.6 Å². The molecular weight excluding hydrogens is 322 g/mol. The summed E-state index contributed by atoms with van der Waals surface area (Å²) in [6.07, 6.45) is 10.3. The van der Waals surface area contributed by atoms with Gasteiger partial charge in [-0.25, -0.2) is 4.99 Å². The summed E-state index contributed by atoms with van der Waals surface area (Å²) in [4.78, 5) is 18.3. The number of furan rings is 1. The third-order valence-electron chi connectivity index (χ3n) is 4.94. The van der Waals surface area contributed by atoms with Gasteiger partial charge in [0.15, 0.2) is 5.96 Å². The lowest BCUT2D eigenvalue weighted by molar-refractivity contribution is -0.128.